The number of hydrogen-bond acceptors (Lipinski definition) is 4. The minimum Gasteiger partial charge on any atom is -0.380 e. The van der Waals surface area contributed by atoms with Crippen LogP contribution in [0.2, 0.25) is 0 Å². The van der Waals surface area contributed by atoms with Crippen molar-refractivity contribution in [1.29, 1.82) is 0 Å². The lowest BCUT2D eigenvalue weighted by atomic mass is 10.1. The van der Waals surface area contributed by atoms with E-state index in [2.05, 4.69) is 5.32 Å². The molecule has 3 atom stereocenters. The van der Waals surface area contributed by atoms with Gasteiger partial charge in [0, 0.05) is 33.4 Å². The Morgan fingerprint density at radius 2 is 2.39 bits per heavy atom. The molecule has 5 heteroatoms. The first-order valence-corrected chi connectivity index (χ1v) is 6.91. The van der Waals surface area contributed by atoms with E-state index >= 15 is 0 Å². The molecule has 2 rings (SSSR count). The molecule has 3 unspecified atom stereocenters. The van der Waals surface area contributed by atoms with Crippen LogP contribution in [0.15, 0.2) is 0 Å². The monoisotopic (exact) mass is 256 g/mol. The van der Waals surface area contributed by atoms with Crippen LogP contribution < -0.4 is 5.32 Å². The number of likely N-dealkylation sites (N-methyl/N-ethyl adjacent to an activating group) is 1. The Labute approximate surface area is 109 Å². The summed E-state index contributed by atoms with van der Waals surface area (Å²) in [7, 11) is 1.70. The third kappa shape index (κ3) is 3.22. The molecule has 5 nitrogen and oxygen atoms in total. The Hall–Kier alpha value is -0.650. The number of amides is 1. The Morgan fingerprint density at radius 3 is 2.94 bits per heavy atom. The fourth-order valence-corrected chi connectivity index (χ4v) is 2.70. The van der Waals surface area contributed by atoms with Gasteiger partial charge in [-0.3, -0.25) is 4.79 Å². The smallest absolute Gasteiger partial charge is 0.239 e. The zero-order chi connectivity index (χ0) is 13.0. The maximum absolute atomic E-state index is 12.4. The van der Waals surface area contributed by atoms with Crippen LogP contribution in [-0.2, 0) is 14.3 Å². The Morgan fingerprint density at radius 1 is 1.56 bits per heavy atom. The van der Waals surface area contributed by atoms with Crippen molar-refractivity contribution >= 4 is 5.91 Å². The van der Waals surface area contributed by atoms with E-state index in [1.54, 1.807) is 7.11 Å². The molecule has 104 valence electrons. The van der Waals surface area contributed by atoms with Crippen molar-refractivity contribution < 1.29 is 14.3 Å². The summed E-state index contributed by atoms with van der Waals surface area (Å²) < 4.78 is 10.9. The molecule has 1 amide bonds. The van der Waals surface area contributed by atoms with Crippen molar-refractivity contribution in [2.24, 2.45) is 0 Å². The van der Waals surface area contributed by atoms with E-state index in [0.717, 1.165) is 45.5 Å². The predicted molar refractivity (Wildman–Crippen MR) is 68.4 cm³/mol. The van der Waals surface area contributed by atoms with Crippen LogP contribution in [-0.4, -0.2) is 62.4 Å². The van der Waals surface area contributed by atoms with Gasteiger partial charge in [-0.25, -0.2) is 0 Å². The van der Waals surface area contributed by atoms with Crippen molar-refractivity contribution in [2.75, 3.05) is 33.4 Å². The first kappa shape index (κ1) is 13.8. The summed E-state index contributed by atoms with van der Waals surface area (Å²) >= 11 is 0. The molecule has 1 N–H and O–H groups in total. The molecule has 18 heavy (non-hydrogen) atoms. The van der Waals surface area contributed by atoms with Crippen molar-refractivity contribution in [2.45, 2.75) is 44.4 Å². The zero-order valence-corrected chi connectivity index (χ0v) is 11.4. The number of nitrogens with zero attached hydrogens (tertiary/aromatic N) is 1. The lowest BCUT2D eigenvalue weighted by Gasteiger charge is -2.26. The summed E-state index contributed by atoms with van der Waals surface area (Å²) in [5, 5.41) is 3.24. The van der Waals surface area contributed by atoms with Gasteiger partial charge >= 0.3 is 0 Å². The number of hydrogen-bond donors (Lipinski definition) is 1. The molecule has 2 saturated heterocycles. The highest BCUT2D eigenvalue weighted by Gasteiger charge is 2.33. The third-order valence-electron chi connectivity index (χ3n) is 3.86. The quantitative estimate of drug-likeness (QED) is 0.773. The summed E-state index contributed by atoms with van der Waals surface area (Å²) in [6.45, 7) is 5.10. The standard InChI is InChI=1S/C13H24N2O3/c1-3-15(9-10-5-4-6-18-10)13(16)12-7-11(17-2)8-14-12/h10-12,14H,3-9H2,1-2H3. The number of carbonyl (C=O) groups is 1. The summed E-state index contributed by atoms with van der Waals surface area (Å²) in [5.74, 6) is 0.188. The maximum atomic E-state index is 12.4. The van der Waals surface area contributed by atoms with Crippen LogP contribution in [0.4, 0.5) is 0 Å². The number of nitrogens with one attached hydrogen (secondary N) is 1. The van der Waals surface area contributed by atoms with Gasteiger partial charge < -0.3 is 19.7 Å². The van der Waals surface area contributed by atoms with Gasteiger partial charge in [-0.15, -0.1) is 0 Å². The molecule has 0 aromatic rings. The molecule has 0 aromatic heterocycles. The second-order valence-corrected chi connectivity index (χ2v) is 5.07. The third-order valence-corrected chi connectivity index (χ3v) is 3.86. The fourth-order valence-electron chi connectivity index (χ4n) is 2.70. The minimum atomic E-state index is -0.0868. The van der Waals surface area contributed by atoms with E-state index in [-0.39, 0.29) is 24.2 Å². The zero-order valence-electron chi connectivity index (χ0n) is 11.4. The molecule has 0 spiro atoms. The van der Waals surface area contributed by atoms with Crippen LogP contribution in [0.25, 0.3) is 0 Å². The Bertz CT molecular complexity index is 279. The molecule has 2 fully saturated rings. The number of ether oxygens (including phenoxy) is 2. The topological polar surface area (TPSA) is 50.8 Å². The minimum absolute atomic E-state index is 0.0868. The lowest BCUT2D eigenvalue weighted by Crippen LogP contribution is -2.46. The van der Waals surface area contributed by atoms with Crippen LogP contribution in [0.5, 0.6) is 0 Å². The highest BCUT2D eigenvalue weighted by atomic mass is 16.5. The number of rotatable bonds is 5. The van der Waals surface area contributed by atoms with Crippen LogP contribution >= 0.6 is 0 Å². The summed E-state index contributed by atoms with van der Waals surface area (Å²) in [6.07, 6.45) is 3.36. The summed E-state index contributed by atoms with van der Waals surface area (Å²) in [6, 6.07) is -0.0868. The molecule has 2 heterocycles. The van der Waals surface area contributed by atoms with E-state index < -0.39 is 0 Å². The van der Waals surface area contributed by atoms with Gasteiger partial charge in [0.25, 0.3) is 0 Å². The van der Waals surface area contributed by atoms with Gasteiger partial charge in [0.1, 0.15) is 0 Å². The molecule has 2 aliphatic heterocycles. The van der Waals surface area contributed by atoms with Gasteiger partial charge in [-0.1, -0.05) is 0 Å². The number of methoxy groups -OCH3 is 1. The van der Waals surface area contributed by atoms with Crippen LogP contribution in [0.3, 0.4) is 0 Å². The second kappa shape index (κ2) is 6.50. The van der Waals surface area contributed by atoms with E-state index in [1.807, 2.05) is 11.8 Å². The average molecular weight is 256 g/mol. The van der Waals surface area contributed by atoms with Gasteiger partial charge in [0.05, 0.1) is 18.2 Å². The molecular weight excluding hydrogens is 232 g/mol. The van der Waals surface area contributed by atoms with Gasteiger partial charge in [-0.2, -0.15) is 0 Å². The molecule has 0 bridgehead atoms. The van der Waals surface area contributed by atoms with Gasteiger partial charge in [0.15, 0.2) is 0 Å². The molecular formula is C13H24N2O3. The molecule has 0 aromatic carbocycles. The first-order chi connectivity index (χ1) is 8.74. The molecule has 0 aliphatic carbocycles. The van der Waals surface area contributed by atoms with Crippen molar-refractivity contribution in [3.05, 3.63) is 0 Å². The van der Waals surface area contributed by atoms with E-state index in [4.69, 9.17) is 9.47 Å². The number of carbonyl (C=O) groups excluding carboxylic acids is 1. The second-order valence-electron chi connectivity index (χ2n) is 5.07. The average Bonchev–Trinajstić information content (AvgIpc) is 3.06. The van der Waals surface area contributed by atoms with Crippen molar-refractivity contribution in [1.82, 2.24) is 10.2 Å². The molecule has 0 saturated carbocycles. The van der Waals surface area contributed by atoms with E-state index in [1.165, 1.54) is 0 Å². The van der Waals surface area contributed by atoms with Crippen LogP contribution in [0.1, 0.15) is 26.2 Å². The van der Waals surface area contributed by atoms with Gasteiger partial charge in [-0.05, 0) is 26.2 Å². The lowest BCUT2D eigenvalue weighted by molar-refractivity contribution is -0.134. The SMILES string of the molecule is CCN(CC1CCCO1)C(=O)C1CC(OC)CN1. The van der Waals surface area contributed by atoms with Gasteiger partial charge in [0.2, 0.25) is 5.91 Å². The summed E-state index contributed by atoms with van der Waals surface area (Å²) in [5.41, 5.74) is 0. The fraction of sp³-hybridized carbons (Fsp3) is 0.923. The Kier molecular flexibility index (Phi) is 4.97. The Balaban J connectivity index is 1.85. The van der Waals surface area contributed by atoms with Crippen LogP contribution in [0, 0.1) is 0 Å². The summed E-state index contributed by atoms with van der Waals surface area (Å²) in [4.78, 5) is 14.3. The highest BCUT2D eigenvalue weighted by molar-refractivity contribution is 5.82. The highest BCUT2D eigenvalue weighted by Crippen LogP contribution is 2.16. The maximum Gasteiger partial charge on any atom is 0.239 e. The predicted octanol–water partition coefficient (Wildman–Crippen LogP) is 0.391. The van der Waals surface area contributed by atoms with Crippen molar-refractivity contribution in [3.63, 3.8) is 0 Å². The first-order valence-electron chi connectivity index (χ1n) is 6.91. The normalized spacial score (nSPS) is 31.8. The van der Waals surface area contributed by atoms with E-state index in [9.17, 15) is 4.79 Å². The largest absolute Gasteiger partial charge is 0.380 e. The molecule has 2 aliphatic rings. The van der Waals surface area contributed by atoms with E-state index in [0.29, 0.717) is 0 Å². The van der Waals surface area contributed by atoms with Crippen molar-refractivity contribution in [3.8, 4) is 0 Å². The molecule has 0 radical (unpaired) electrons.